The Morgan fingerprint density at radius 1 is 1.03 bits per heavy atom. The summed E-state index contributed by atoms with van der Waals surface area (Å²) in [5.74, 6) is 0. The Bertz CT molecular complexity index is 1040. The molecule has 3 aromatic carbocycles. The molecular formula is C23H20ClF3N2O2. The SMILES string of the molecule is CCOC(=O)Nc1cc(Cl)c(CNc2ccc(C(F)(F)F)cc2)cc1-c1ccccc1. The van der Waals surface area contributed by atoms with Crippen LogP contribution in [0.3, 0.4) is 0 Å². The highest BCUT2D eigenvalue weighted by atomic mass is 35.5. The van der Waals surface area contributed by atoms with Crippen molar-refractivity contribution in [3.05, 3.63) is 82.9 Å². The molecule has 3 rings (SSSR count). The Kier molecular flexibility index (Phi) is 7.07. The first-order valence-corrected chi connectivity index (χ1v) is 9.88. The van der Waals surface area contributed by atoms with Crippen LogP contribution in [0.2, 0.25) is 5.02 Å². The Morgan fingerprint density at radius 2 is 1.71 bits per heavy atom. The van der Waals surface area contributed by atoms with Gasteiger partial charge in [-0.3, -0.25) is 5.32 Å². The highest BCUT2D eigenvalue weighted by molar-refractivity contribution is 6.32. The number of ether oxygens (including phenoxy) is 1. The van der Waals surface area contributed by atoms with Gasteiger partial charge in [0.25, 0.3) is 0 Å². The van der Waals surface area contributed by atoms with Crippen molar-refractivity contribution in [3.63, 3.8) is 0 Å². The predicted molar refractivity (Wildman–Crippen MR) is 116 cm³/mol. The molecule has 3 aromatic rings. The molecule has 0 saturated heterocycles. The van der Waals surface area contributed by atoms with Crippen LogP contribution in [0, 0.1) is 0 Å². The summed E-state index contributed by atoms with van der Waals surface area (Å²) in [5.41, 5.74) is 2.63. The molecule has 0 aliphatic rings. The quantitative estimate of drug-likeness (QED) is 0.419. The van der Waals surface area contributed by atoms with Crippen LogP contribution >= 0.6 is 11.6 Å². The summed E-state index contributed by atoms with van der Waals surface area (Å²) in [4.78, 5) is 11.9. The molecule has 1 amide bonds. The zero-order chi connectivity index (χ0) is 22.4. The minimum absolute atomic E-state index is 0.232. The lowest BCUT2D eigenvalue weighted by molar-refractivity contribution is -0.137. The molecule has 0 atom stereocenters. The van der Waals surface area contributed by atoms with Gasteiger partial charge in [0.15, 0.2) is 0 Å². The van der Waals surface area contributed by atoms with Crippen LogP contribution in [-0.2, 0) is 17.5 Å². The van der Waals surface area contributed by atoms with Gasteiger partial charge in [-0.2, -0.15) is 13.2 Å². The number of amides is 1. The highest BCUT2D eigenvalue weighted by Crippen LogP contribution is 2.34. The second kappa shape index (κ2) is 9.75. The Labute approximate surface area is 183 Å². The highest BCUT2D eigenvalue weighted by Gasteiger charge is 2.29. The van der Waals surface area contributed by atoms with Gasteiger partial charge in [-0.1, -0.05) is 41.9 Å². The fraction of sp³-hybridized carbons (Fsp3) is 0.174. The molecule has 0 unspecified atom stereocenters. The van der Waals surface area contributed by atoms with E-state index < -0.39 is 17.8 Å². The van der Waals surface area contributed by atoms with Crippen molar-refractivity contribution in [2.75, 3.05) is 17.2 Å². The number of carbonyl (C=O) groups is 1. The monoisotopic (exact) mass is 448 g/mol. The Morgan fingerprint density at radius 3 is 2.32 bits per heavy atom. The first-order valence-electron chi connectivity index (χ1n) is 9.50. The average molecular weight is 449 g/mol. The fourth-order valence-electron chi connectivity index (χ4n) is 2.97. The zero-order valence-electron chi connectivity index (χ0n) is 16.6. The summed E-state index contributed by atoms with van der Waals surface area (Å²) in [6, 6.07) is 17.6. The minimum Gasteiger partial charge on any atom is -0.450 e. The molecule has 31 heavy (non-hydrogen) atoms. The van der Waals surface area contributed by atoms with E-state index in [4.69, 9.17) is 16.3 Å². The van der Waals surface area contributed by atoms with Crippen LogP contribution in [0.25, 0.3) is 11.1 Å². The number of rotatable bonds is 6. The lowest BCUT2D eigenvalue weighted by Crippen LogP contribution is -2.14. The summed E-state index contributed by atoms with van der Waals surface area (Å²) >= 11 is 6.42. The number of hydrogen-bond acceptors (Lipinski definition) is 3. The van der Waals surface area contributed by atoms with Gasteiger partial charge < -0.3 is 10.1 Å². The number of halogens is 4. The van der Waals surface area contributed by atoms with Crippen molar-refractivity contribution in [1.82, 2.24) is 0 Å². The molecule has 0 heterocycles. The molecule has 0 bridgehead atoms. The van der Waals surface area contributed by atoms with Gasteiger partial charge in [-0.05, 0) is 54.4 Å². The number of hydrogen-bond donors (Lipinski definition) is 2. The van der Waals surface area contributed by atoms with E-state index in [1.807, 2.05) is 36.4 Å². The molecular weight excluding hydrogens is 429 g/mol. The largest absolute Gasteiger partial charge is 0.450 e. The van der Waals surface area contributed by atoms with E-state index >= 15 is 0 Å². The number of benzene rings is 3. The summed E-state index contributed by atoms with van der Waals surface area (Å²) in [6.07, 6.45) is -4.97. The van der Waals surface area contributed by atoms with Gasteiger partial charge in [0.1, 0.15) is 0 Å². The summed E-state index contributed by atoms with van der Waals surface area (Å²) in [5, 5.41) is 6.17. The van der Waals surface area contributed by atoms with Crippen molar-refractivity contribution in [2.24, 2.45) is 0 Å². The van der Waals surface area contributed by atoms with E-state index in [0.717, 1.165) is 28.8 Å². The molecule has 2 N–H and O–H groups in total. The maximum atomic E-state index is 12.7. The molecule has 0 saturated carbocycles. The number of nitrogens with one attached hydrogen (secondary N) is 2. The maximum Gasteiger partial charge on any atom is 0.416 e. The van der Waals surface area contributed by atoms with Crippen LogP contribution in [-0.4, -0.2) is 12.7 Å². The predicted octanol–water partition coefficient (Wildman–Crippen LogP) is 7.21. The molecule has 4 nitrogen and oxygen atoms in total. The fourth-order valence-corrected chi connectivity index (χ4v) is 3.20. The third kappa shape index (κ3) is 5.92. The van der Waals surface area contributed by atoms with E-state index in [-0.39, 0.29) is 13.2 Å². The minimum atomic E-state index is -4.38. The summed E-state index contributed by atoms with van der Waals surface area (Å²) < 4.78 is 43.1. The third-order valence-corrected chi connectivity index (χ3v) is 4.83. The van der Waals surface area contributed by atoms with Gasteiger partial charge >= 0.3 is 12.3 Å². The number of carbonyl (C=O) groups excluding carboxylic acids is 1. The van der Waals surface area contributed by atoms with E-state index in [1.54, 1.807) is 13.0 Å². The second-order valence-corrected chi connectivity index (χ2v) is 7.04. The molecule has 0 fully saturated rings. The normalized spacial score (nSPS) is 11.1. The topological polar surface area (TPSA) is 50.4 Å². The first-order chi connectivity index (χ1) is 14.8. The van der Waals surface area contributed by atoms with Crippen LogP contribution in [0.4, 0.5) is 29.3 Å². The van der Waals surface area contributed by atoms with Crippen molar-refractivity contribution < 1.29 is 22.7 Å². The number of anilines is 2. The summed E-state index contributed by atoms with van der Waals surface area (Å²) in [6.45, 7) is 2.22. The summed E-state index contributed by atoms with van der Waals surface area (Å²) in [7, 11) is 0. The van der Waals surface area contributed by atoms with E-state index in [1.165, 1.54) is 12.1 Å². The van der Waals surface area contributed by atoms with Gasteiger partial charge in [-0.15, -0.1) is 0 Å². The van der Waals surface area contributed by atoms with Crippen LogP contribution in [0.1, 0.15) is 18.1 Å². The van der Waals surface area contributed by atoms with Gasteiger partial charge in [-0.25, -0.2) is 4.79 Å². The second-order valence-electron chi connectivity index (χ2n) is 6.63. The van der Waals surface area contributed by atoms with Gasteiger partial charge in [0.05, 0.1) is 17.9 Å². The van der Waals surface area contributed by atoms with Crippen LogP contribution < -0.4 is 10.6 Å². The van der Waals surface area contributed by atoms with Crippen molar-refractivity contribution in [3.8, 4) is 11.1 Å². The molecule has 0 spiro atoms. The lowest BCUT2D eigenvalue weighted by atomic mass is 10.0. The molecule has 0 radical (unpaired) electrons. The maximum absolute atomic E-state index is 12.7. The Hall–Kier alpha value is -3.19. The molecule has 0 aromatic heterocycles. The smallest absolute Gasteiger partial charge is 0.416 e. The third-order valence-electron chi connectivity index (χ3n) is 4.48. The van der Waals surface area contributed by atoms with Gasteiger partial charge in [0, 0.05) is 22.8 Å². The van der Waals surface area contributed by atoms with Crippen LogP contribution in [0.15, 0.2) is 66.7 Å². The Balaban J connectivity index is 1.86. The van der Waals surface area contributed by atoms with E-state index in [0.29, 0.717) is 16.4 Å². The van der Waals surface area contributed by atoms with Crippen molar-refractivity contribution >= 4 is 29.1 Å². The molecule has 0 aliphatic carbocycles. The lowest BCUT2D eigenvalue weighted by Gasteiger charge is -2.16. The van der Waals surface area contributed by atoms with E-state index in [2.05, 4.69) is 10.6 Å². The first kappa shape index (κ1) is 22.5. The molecule has 0 aliphatic heterocycles. The average Bonchev–Trinajstić information content (AvgIpc) is 2.73. The van der Waals surface area contributed by atoms with E-state index in [9.17, 15) is 18.0 Å². The van der Waals surface area contributed by atoms with Crippen molar-refractivity contribution in [1.29, 1.82) is 0 Å². The molecule has 162 valence electrons. The zero-order valence-corrected chi connectivity index (χ0v) is 17.3. The van der Waals surface area contributed by atoms with Gasteiger partial charge in [0.2, 0.25) is 0 Å². The van der Waals surface area contributed by atoms with Crippen LogP contribution in [0.5, 0.6) is 0 Å². The van der Waals surface area contributed by atoms with Crippen molar-refractivity contribution in [2.45, 2.75) is 19.6 Å². The standard InChI is InChI=1S/C23H20ClF3N2O2/c1-2-31-22(30)29-21-13-20(24)16(12-19(21)15-6-4-3-5-7-15)14-28-18-10-8-17(9-11-18)23(25,26)27/h3-13,28H,2,14H2,1H3,(H,29,30). The molecule has 8 heteroatoms. The number of alkyl halides is 3.